The Balaban J connectivity index is 0.000000279. The molecular weight excluding hydrogens is 350 g/mol. The first kappa shape index (κ1) is 21.8. The lowest BCUT2D eigenvalue weighted by molar-refractivity contribution is -0.138. The molecule has 0 aliphatic carbocycles. The molecule has 0 atom stereocenters. The normalized spacial score (nSPS) is 9.63. The van der Waals surface area contributed by atoms with Crippen molar-refractivity contribution in [3.8, 4) is 0 Å². The van der Waals surface area contributed by atoms with Crippen LogP contribution >= 0.6 is 0 Å². The summed E-state index contributed by atoms with van der Waals surface area (Å²) in [7, 11) is 0. The highest BCUT2D eigenvalue weighted by molar-refractivity contribution is 6.03. The summed E-state index contributed by atoms with van der Waals surface area (Å²) >= 11 is 0. The van der Waals surface area contributed by atoms with Gasteiger partial charge in [-0.05, 0) is 37.1 Å². The lowest BCUT2D eigenvalue weighted by Gasteiger charge is -2.02. The van der Waals surface area contributed by atoms with Crippen LogP contribution in [0.2, 0.25) is 0 Å². The van der Waals surface area contributed by atoms with Crippen molar-refractivity contribution in [2.45, 2.75) is 38.5 Å². The molecule has 1 amide bonds. The molecule has 2 aromatic heterocycles. The fraction of sp³-hybridized carbons (Fsp3) is 0.316. The summed E-state index contributed by atoms with van der Waals surface area (Å²) in [4.78, 5) is 39.6. The number of unbranched alkanes of at least 4 members (excludes halogenated alkanes) is 3. The molecule has 0 spiro atoms. The quantitative estimate of drug-likeness (QED) is 0.575. The number of aromatic nitrogens is 2. The molecule has 0 saturated heterocycles. The molecule has 8 nitrogen and oxygen atoms in total. The molecule has 2 heterocycles. The summed E-state index contributed by atoms with van der Waals surface area (Å²) < 4.78 is 0. The van der Waals surface area contributed by atoms with Gasteiger partial charge in [-0.1, -0.05) is 18.9 Å². The minimum absolute atomic E-state index is 0.184. The van der Waals surface area contributed by atoms with Gasteiger partial charge in [0.2, 0.25) is 0 Å². The van der Waals surface area contributed by atoms with Gasteiger partial charge in [0, 0.05) is 37.0 Å². The predicted octanol–water partition coefficient (Wildman–Crippen LogP) is 3.23. The summed E-state index contributed by atoms with van der Waals surface area (Å²) in [6.45, 7) is 0. The number of aliphatic carboxylic acids is 2. The van der Waals surface area contributed by atoms with Crippen LogP contribution in [-0.4, -0.2) is 38.0 Å². The maximum absolute atomic E-state index is 11.6. The molecule has 0 radical (unpaired) electrons. The summed E-state index contributed by atoms with van der Waals surface area (Å²) in [6, 6.07) is 8.65. The van der Waals surface area contributed by atoms with Crippen LogP contribution in [0, 0.1) is 0 Å². The molecule has 0 aliphatic heterocycles. The largest absolute Gasteiger partial charge is 0.481 e. The van der Waals surface area contributed by atoms with Crippen LogP contribution in [0.1, 0.15) is 48.9 Å². The van der Waals surface area contributed by atoms with Gasteiger partial charge < -0.3 is 15.5 Å². The Morgan fingerprint density at radius 1 is 0.815 bits per heavy atom. The van der Waals surface area contributed by atoms with Crippen molar-refractivity contribution in [2.75, 3.05) is 5.32 Å². The first-order chi connectivity index (χ1) is 13.0. The minimum Gasteiger partial charge on any atom is -0.481 e. The third-order valence-corrected chi connectivity index (χ3v) is 3.38. The molecule has 0 unspecified atom stereocenters. The number of amides is 1. The van der Waals surface area contributed by atoms with E-state index in [1.807, 2.05) is 6.07 Å². The van der Waals surface area contributed by atoms with E-state index in [4.69, 9.17) is 10.2 Å². The van der Waals surface area contributed by atoms with Gasteiger partial charge in [-0.2, -0.15) is 0 Å². The molecular formula is C19H23N3O5. The van der Waals surface area contributed by atoms with Crippen LogP contribution in [0.3, 0.4) is 0 Å². The number of hydrogen-bond acceptors (Lipinski definition) is 5. The lowest BCUT2D eigenvalue weighted by Crippen LogP contribution is -2.12. The van der Waals surface area contributed by atoms with Crippen molar-refractivity contribution in [1.82, 2.24) is 9.97 Å². The fourth-order valence-electron chi connectivity index (χ4n) is 2.03. The second-order valence-electron chi connectivity index (χ2n) is 5.61. The fourth-order valence-corrected chi connectivity index (χ4v) is 2.03. The maximum atomic E-state index is 11.6. The first-order valence-corrected chi connectivity index (χ1v) is 8.55. The Bertz CT molecular complexity index is 690. The van der Waals surface area contributed by atoms with Gasteiger partial charge in [-0.15, -0.1) is 0 Å². The van der Waals surface area contributed by atoms with E-state index in [0.29, 0.717) is 24.2 Å². The van der Waals surface area contributed by atoms with Crippen molar-refractivity contribution in [1.29, 1.82) is 0 Å². The Morgan fingerprint density at radius 3 is 1.89 bits per heavy atom. The third kappa shape index (κ3) is 11.0. The number of nitrogens with one attached hydrogen (secondary N) is 1. The summed E-state index contributed by atoms with van der Waals surface area (Å²) in [5, 5.41) is 19.2. The van der Waals surface area contributed by atoms with E-state index >= 15 is 0 Å². The second-order valence-corrected chi connectivity index (χ2v) is 5.61. The Morgan fingerprint density at radius 2 is 1.41 bits per heavy atom. The van der Waals surface area contributed by atoms with Crippen LogP contribution in [0.5, 0.6) is 0 Å². The topological polar surface area (TPSA) is 129 Å². The number of anilines is 1. The zero-order chi connectivity index (χ0) is 19.9. The number of carboxylic acids is 2. The number of nitrogens with zero attached hydrogens (tertiary/aromatic N) is 2. The maximum Gasteiger partial charge on any atom is 0.303 e. The van der Waals surface area contributed by atoms with E-state index in [-0.39, 0.29) is 18.7 Å². The number of hydrogen-bond donors (Lipinski definition) is 3. The van der Waals surface area contributed by atoms with E-state index < -0.39 is 11.9 Å². The monoisotopic (exact) mass is 373 g/mol. The molecule has 8 heteroatoms. The number of pyridine rings is 2. The Hall–Kier alpha value is -3.29. The van der Waals surface area contributed by atoms with Crippen molar-refractivity contribution in [3.05, 3.63) is 54.5 Å². The average Bonchev–Trinajstić information content (AvgIpc) is 2.66. The highest BCUT2D eigenvalue weighted by atomic mass is 16.4. The minimum atomic E-state index is -0.784. The summed E-state index contributed by atoms with van der Waals surface area (Å²) in [5.41, 5.74) is 0.565. The van der Waals surface area contributed by atoms with Crippen LogP contribution < -0.4 is 5.32 Å². The van der Waals surface area contributed by atoms with Crippen molar-refractivity contribution >= 4 is 23.7 Å². The second kappa shape index (κ2) is 13.0. The first-order valence-electron chi connectivity index (χ1n) is 8.55. The Kier molecular flexibility index (Phi) is 10.5. The smallest absolute Gasteiger partial charge is 0.303 e. The SMILES string of the molecule is O=C(Nc1ccccn1)c1ccncc1.O=C(O)CCCCCCC(=O)O. The molecule has 3 N–H and O–H groups in total. The van der Waals surface area contributed by atoms with E-state index in [0.717, 1.165) is 12.8 Å². The van der Waals surface area contributed by atoms with Gasteiger partial charge in [0.25, 0.3) is 5.91 Å². The molecule has 27 heavy (non-hydrogen) atoms. The van der Waals surface area contributed by atoms with Crippen molar-refractivity contribution in [2.24, 2.45) is 0 Å². The van der Waals surface area contributed by atoms with E-state index in [9.17, 15) is 14.4 Å². The number of carboxylic acid groups (broad SMARTS) is 2. The van der Waals surface area contributed by atoms with Crippen LogP contribution in [0.4, 0.5) is 5.82 Å². The molecule has 0 aromatic carbocycles. The third-order valence-electron chi connectivity index (χ3n) is 3.38. The summed E-state index contributed by atoms with van der Waals surface area (Å²) in [6.07, 6.45) is 8.06. The number of rotatable bonds is 9. The van der Waals surface area contributed by atoms with Gasteiger partial charge in [-0.3, -0.25) is 19.4 Å². The van der Waals surface area contributed by atoms with Crippen molar-refractivity contribution in [3.63, 3.8) is 0 Å². The average molecular weight is 373 g/mol. The van der Waals surface area contributed by atoms with Gasteiger partial charge in [0.05, 0.1) is 0 Å². The zero-order valence-electron chi connectivity index (χ0n) is 14.9. The van der Waals surface area contributed by atoms with E-state index in [1.54, 1.807) is 42.9 Å². The van der Waals surface area contributed by atoms with Crippen LogP contribution in [0.15, 0.2) is 48.9 Å². The highest BCUT2D eigenvalue weighted by Crippen LogP contribution is 2.05. The number of carbonyl (C=O) groups is 3. The molecule has 0 fully saturated rings. The Labute approximate surface area is 157 Å². The molecule has 144 valence electrons. The number of carbonyl (C=O) groups excluding carboxylic acids is 1. The van der Waals surface area contributed by atoms with E-state index in [1.165, 1.54) is 0 Å². The summed E-state index contributed by atoms with van der Waals surface area (Å²) in [5.74, 6) is -1.21. The molecule has 2 rings (SSSR count). The zero-order valence-corrected chi connectivity index (χ0v) is 14.9. The van der Waals surface area contributed by atoms with Crippen LogP contribution in [0.25, 0.3) is 0 Å². The van der Waals surface area contributed by atoms with Gasteiger partial charge in [0.15, 0.2) is 0 Å². The van der Waals surface area contributed by atoms with Gasteiger partial charge in [0.1, 0.15) is 5.82 Å². The van der Waals surface area contributed by atoms with Gasteiger partial charge in [-0.25, -0.2) is 4.98 Å². The van der Waals surface area contributed by atoms with E-state index in [2.05, 4.69) is 15.3 Å². The van der Waals surface area contributed by atoms with Crippen LogP contribution in [-0.2, 0) is 9.59 Å². The van der Waals surface area contributed by atoms with Gasteiger partial charge >= 0.3 is 11.9 Å². The lowest BCUT2D eigenvalue weighted by atomic mass is 10.1. The molecule has 0 saturated carbocycles. The highest BCUT2D eigenvalue weighted by Gasteiger charge is 2.04. The predicted molar refractivity (Wildman–Crippen MR) is 99.4 cm³/mol. The molecule has 2 aromatic rings. The molecule has 0 aliphatic rings. The molecule has 0 bridgehead atoms. The standard InChI is InChI=1S/C11H9N3O.C8H14O4/c15-11(9-4-7-12-8-5-9)14-10-3-1-2-6-13-10;9-7(10)5-3-1-2-4-6-8(11)12/h1-8H,(H,13,14,15);1-6H2,(H,9,10)(H,11,12). The van der Waals surface area contributed by atoms with Crippen molar-refractivity contribution < 1.29 is 24.6 Å².